The fraction of sp³-hybridized carbons (Fsp3) is 0.471. The molecule has 0 amide bonds. The Kier molecular flexibility index (Phi) is 5.93. The van der Waals surface area contributed by atoms with Gasteiger partial charge in [-0.3, -0.25) is 0 Å². The number of rotatable bonds is 5. The molecule has 1 aromatic rings. The van der Waals surface area contributed by atoms with Gasteiger partial charge in [-0.1, -0.05) is 51.1 Å². The molecule has 0 bridgehead atoms. The number of hydrogen-bond donors (Lipinski definition) is 0. The molecule has 0 fully saturated rings. The van der Waals surface area contributed by atoms with Gasteiger partial charge in [-0.25, -0.2) is 4.79 Å². The van der Waals surface area contributed by atoms with Crippen molar-refractivity contribution in [3.63, 3.8) is 0 Å². The third-order valence-corrected chi connectivity index (χ3v) is 8.46. The summed E-state index contributed by atoms with van der Waals surface area (Å²) >= 11 is 0. The van der Waals surface area contributed by atoms with Crippen LogP contribution in [-0.2, 0) is 14.0 Å². The van der Waals surface area contributed by atoms with E-state index in [2.05, 4.69) is 33.9 Å². The number of carbonyl (C=O) groups is 1. The van der Waals surface area contributed by atoms with E-state index >= 15 is 0 Å². The maximum Gasteiger partial charge on any atom is 0.336 e. The summed E-state index contributed by atoms with van der Waals surface area (Å²) in [4.78, 5) is 11.9. The number of methoxy groups -OCH3 is 1. The molecular formula is C17H26O3Si. The predicted molar refractivity (Wildman–Crippen MR) is 89.6 cm³/mol. The van der Waals surface area contributed by atoms with Gasteiger partial charge in [0, 0.05) is 0 Å². The molecule has 0 unspecified atom stereocenters. The number of benzene rings is 1. The van der Waals surface area contributed by atoms with Gasteiger partial charge in [0.25, 0.3) is 0 Å². The summed E-state index contributed by atoms with van der Waals surface area (Å²) in [6.45, 7) is 11.2. The minimum Gasteiger partial charge on any atom is -0.466 e. The lowest BCUT2D eigenvalue weighted by molar-refractivity contribution is -0.136. The van der Waals surface area contributed by atoms with Crippen molar-refractivity contribution in [2.45, 2.75) is 38.9 Å². The molecule has 3 nitrogen and oxygen atoms in total. The Morgan fingerprint density at radius 3 is 2.24 bits per heavy atom. The minimum atomic E-state index is -1.89. The first-order valence-electron chi connectivity index (χ1n) is 7.15. The molecule has 0 saturated heterocycles. The van der Waals surface area contributed by atoms with Crippen LogP contribution < -0.4 is 0 Å². The average molecular weight is 306 g/mol. The summed E-state index contributed by atoms with van der Waals surface area (Å²) in [6, 6.07) is 9.73. The molecule has 0 spiro atoms. The first-order valence-corrected chi connectivity index (χ1v) is 10.1. The second-order valence-corrected chi connectivity index (χ2v) is 11.4. The molecule has 1 rings (SSSR count). The lowest BCUT2D eigenvalue weighted by Gasteiger charge is -2.36. The molecule has 0 heterocycles. The van der Waals surface area contributed by atoms with Crippen LogP contribution in [0.25, 0.3) is 6.08 Å². The largest absolute Gasteiger partial charge is 0.466 e. The molecule has 21 heavy (non-hydrogen) atoms. The summed E-state index contributed by atoms with van der Waals surface area (Å²) < 4.78 is 11.0. The standard InChI is InChI=1S/C17H26O3Si/c1-17(2,3)21(5,6)20-13-15(16(18)19-4)12-14-10-8-7-9-11-14/h7-12H,13H2,1-6H3/b15-12+. The number of hydrogen-bond acceptors (Lipinski definition) is 3. The molecule has 1 aromatic carbocycles. The molecule has 116 valence electrons. The van der Waals surface area contributed by atoms with E-state index in [1.807, 2.05) is 36.4 Å². The fourth-order valence-corrected chi connectivity index (χ4v) is 2.47. The van der Waals surface area contributed by atoms with E-state index in [0.717, 1.165) is 5.56 Å². The van der Waals surface area contributed by atoms with Gasteiger partial charge in [0.05, 0.1) is 19.3 Å². The summed E-state index contributed by atoms with van der Waals surface area (Å²) in [5.41, 5.74) is 1.52. The highest BCUT2D eigenvalue weighted by Crippen LogP contribution is 2.36. The van der Waals surface area contributed by atoms with Crippen LogP contribution in [0.15, 0.2) is 35.9 Å². The van der Waals surface area contributed by atoms with Crippen molar-refractivity contribution in [3.05, 3.63) is 41.5 Å². The first-order chi connectivity index (χ1) is 9.67. The van der Waals surface area contributed by atoms with Gasteiger partial charge in [-0.05, 0) is 29.8 Å². The van der Waals surface area contributed by atoms with E-state index in [-0.39, 0.29) is 17.6 Å². The van der Waals surface area contributed by atoms with Crippen molar-refractivity contribution >= 4 is 20.4 Å². The van der Waals surface area contributed by atoms with Crippen molar-refractivity contribution in [2.24, 2.45) is 0 Å². The van der Waals surface area contributed by atoms with E-state index in [1.165, 1.54) is 7.11 Å². The molecule has 0 radical (unpaired) electrons. The van der Waals surface area contributed by atoms with Gasteiger partial charge >= 0.3 is 5.97 Å². The molecule has 0 saturated carbocycles. The molecule has 0 aliphatic carbocycles. The fourth-order valence-electron chi connectivity index (χ4n) is 1.52. The lowest BCUT2D eigenvalue weighted by Crippen LogP contribution is -2.41. The monoisotopic (exact) mass is 306 g/mol. The normalized spacial score (nSPS) is 13.1. The third-order valence-electron chi connectivity index (χ3n) is 3.98. The smallest absolute Gasteiger partial charge is 0.336 e. The van der Waals surface area contributed by atoms with Crippen molar-refractivity contribution in [1.82, 2.24) is 0 Å². The zero-order valence-corrected chi connectivity index (χ0v) is 14.9. The van der Waals surface area contributed by atoms with Gasteiger partial charge in [-0.15, -0.1) is 0 Å². The molecule has 0 N–H and O–H groups in total. The van der Waals surface area contributed by atoms with Crippen molar-refractivity contribution < 1.29 is 14.0 Å². The second kappa shape index (κ2) is 7.05. The van der Waals surface area contributed by atoms with Crippen LogP contribution in [0.4, 0.5) is 0 Å². The summed E-state index contributed by atoms with van der Waals surface area (Å²) in [7, 11) is -0.496. The van der Waals surface area contributed by atoms with E-state index in [4.69, 9.17) is 9.16 Å². The Hall–Kier alpha value is -1.39. The Balaban J connectivity index is 2.91. The molecule has 4 heteroatoms. The van der Waals surface area contributed by atoms with Crippen LogP contribution in [0.3, 0.4) is 0 Å². The lowest BCUT2D eigenvalue weighted by atomic mass is 10.1. The SMILES string of the molecule is COC(=O)/C(=C/c1ccccc1)CO[Si](C)(C)C(C)(C)C. The highest BCUT2D eigenvalue weighted by atomic mass is 28.4. The summed E-state index contributed by atoms with van der Waals surface area (Å²) in [5, 5.41) is 0.112. The van der Waals surface area contributed by atoms with Crippen LogP contribution in [0.5, 0.6) is 0 Å². The van der Waals surface area contributed by atoms with Crippen LogP contribution in [0.2, 0.25) is 18.1 Å². The van der Waals surface area contributed by atoms with Crippen molar-refractivity contribution in [1.29, 1.82) is 0 Å². The maximum atomic E-state index is 11.9. The van der Waals surface area contributed by atoms with Gasteiger partial charge in [0.2, 0.25) is 0 Å². The quantitative estimate of drug-likeness (QED) is 0.463. The van der Waals surface area contributed by atoms with E-state index in [1.54, 1.807) is 0 Å². The van der Waals surface area contributed by atoms with Crippen LogP contribution in [-0.4, -0.2) is 28.0 Å². The topological polar surface area (TPSA) is 35.5 Å². The van der Waals surface area contributed by atoms with E-state index in [0.29, 0.717) is 5.57 Å². The summed E-state index contributed by atoms with van der Waals surface area (Å²) in [6.07, 6.45) is 1.83. The number of esters is 1. The predicted octanol–water partition coefficient (Wildman–Crippen LogP) is 4.26. The van der Waals surface area contributed by atoms with Gasteiger partial charge in [0.1, 0.15) is 0 Å². The molecule has 0 aliphatic rings. The van der Waals surface area contributed by atoms with E-state index in [9.17, 15) is 4.79 Å². The van der Waals surface area contributed by atoms with Gasteiger partial charge in [-0.2, -0.15) is 0 Å². The Labute approximate surface area is 129 Å². The zero-order valence-electron chi connectivity index (χ0n) is 13.9. The summed E-state index contributed by atoms with van der Waals surface area (Å²) in [5.74, 6) is -0.336. The highest BCUT2D eigenvalue weighted by Gasteiger charge is 2.37. The molecule has 0 aromatic heterocycles. The van der Waals surface area contributed by atoms with Gasteiger partial charge < -0.3 is 9.16 Å². The Morgan fingerprint density at radius 2 is 1.76 bits per heavy atom. The second-order valence-electron chi connectivity index (χ2n) is 6.62. The Morgan fingerprint density at radius 1 is 1.19 bits per heavy atom. The van der Waals surface area contributed by atoms with Crippen molar-refractivity contribution in [3.8, 4) is 0 Å². The van der Waals surface area contributed by atoms with Crippen LogP contribution >= 0.6 is 0 Å². The van der Waals surface area contributed by atoms with Crippen LogP contribution in [0, 0.1) is 0 Å². The molecular weight excluding hydrogens is 280 g/mol. The first kappa shape index (κ1) is 17.7. The average Bonchev–Trinajstić information content (AvgIpc) is 2.42. The number of carbonyl (C=O) groups excluding carboxylic acids is 1. The van der Waals surface area contributed by atoms with Gasteiger partial charge in [0.15, 0.2) is 8.32 Å². The molecule has 0 atom stereocenters. The minimum absolute atomic E-state index is 0.112. The third kappa shape index (κ3) is 5.14. The molecule has 0 aliphatic heterocycles. The van der Waals surface area contributed by atoms with Crippen LogP contribution in [0.1, 0.15) is 26.3 Å². The highest BCUT2D eigenvalue weighted by molar-refractivity contribution is 6.74. The maximum absolute atomic E-state index is 11.9. The van der Waals surface area contributed by atoms with E-state index < -0.39 is 8.32 Å². The Bertz CT molecular complexity index is 499. The zero-order chi connectivity index (χ0) is 16.1. The van der Waals surface area contributed by atoms with Crippen molar-refractivity contribution in [2.75, 3.05) is 13.7 Å². The number of ether oxygens (including phenoxy) is 1.